The van der Waals surface area contributed by atoms with E-state index >= 15 is 0 Å². The van der Waals surface area contributed by atoms with Crippen LogP contribution in [0.25, 0.3) is 0 Å². The molecule has 0 bridgehead atoms. The first-order valence-electron chi connectivity index (χ1n) is 6.00. The molecule has 0 fully saturated rings. The number of hydrogen-bond acceptors (Lipinski definition) is 5. The van der Waals surface area contributed by atoms with E-state index in [9.17, 15) is 14.7 Å². The minimum atomic E-state index is -0.554. The molecule has 3 amide bonds. The summed E-state index contributed by atoms with van der Waals surface area (Å²) in [5.74, 6) is -0.401. The van der Waals surface area contributed by atoms with Crippen molar-refractivity contribution >= 4 is 11.9 Å². The summed E-state index contributed by atoms with van der Waals surface area (Å²) in [6.45, 7) is 4.61. The van der Waals surface area contributed by atoms with Crippen LogP contribution in [0.4, 0.5) is 4.79 Å². The predicted molar refractivity (Wildman–Crippen MR) is 67.2 cm³/mol. The fourth-order valence-electron chi connectivity index (χ4n) is 1.26. The Bertz CT molecular complexity index is 261. The Hall–Kier alpha value is -1.18. The van der Waals surface area contributed by atoms with Crippen molar-refractivity contribution in [2.75, 3.05) is 26.8 Å². The van der Waals surface area contributed by atoms with E-state index in [0.29, 0.717) is 19.5 Å². The van der Waals surface area contributed by atoms with E-state index in [0.717, 1.165) is 0 Å². The van der Waals surface area contributed by atoms with Crippen LogP contribution in [0.5, 0.6) is 0 Å². The van der Waals surface area contributed by atoms with Crippen molar-refractivity contribution in [1.29, 1.82) is 0 Å². The van der Waals surface area contributed by atoms with Gasteiger partial charge in [-0.3, -0.25) is 10.1 Å². The molecule has 0 aliphatic heterocycles. The van der Waals surface area contributed by atoms with Gasteiger partial charge in [-0.1, -0.05) is 0 Å². The topological polar surface area (TPSA) is 99.7 Å². The van der Waals surface area contributed by atoms with Gasteiger partial charge in [0.15, 0.2) is 0 Å². The number of carbonyl (C=O) groups excluding carboxylic acids is 2. The third-order valence-corrected chi connectivity index (χ3v) is 2.25. The molecule has 0 saturated carbocycles. The summed E-state index contributed by atoms with van der Waals surface area (Å²) in [5.41, 5.74) is 0. The lowest BCUT2D eigenvalue weighted by Crippen LogP contribution is -2.48. The molecule has 0 radical (unpaired) electrons. The SMILES string of the molecule is CCNC(=O)NC(=O)C(C)NCCC(O)COC. The average molecular weight is 261 g/mol. The number of rotatable bonds is 8. The van der Waals surface area contributed by atoms with Crippen LogP contribution in [0.1, 0.15) is 20.3 Å². The first kappa shape index (κ1) is 16.8. The number of nitrogens with one attached hydrogen (secondary N) is 3. The lowest BCUT2D eigenvalue weighted by atomic mass is 10.2. The fourth-order valence-corrected chi connectivity index (χ4v) is 1.26. The number of aliphatic hydroxyl groups is 1. The van der Waals surface area contributed by atoms with Crippen LogP contribution in [-0.4, -0.2) is 56.0 Å². The standard InChI is InChI=1S/C11H23N3O4/c1-4-12-11(17)14-10(16)8(2)13-6-5-9(15)7-18-3/h8-9,13,15H,4-7H2,1-3H3,(H2,12,14,16,17). The Morgan fingerprint density at radius 1 is 1.39 bits per heavy atom. The third-order valence-electron chi connectivity index (χ3n) is 2.25. The van der Waals surface area contributed by atoms with Crippen LogP contribution in [0.2, 0.25) is 0 Å². The highest BCUT2D eigenvalue weighted by molar-refractivity contribution is 5.96. The molecular formula is C11H23N3O4. The van der Waals surface area contributed by atoms with Gasteiger partial charge in [0.1, 0.15) is 0 Å². The molecule has 0 aromatic carbocycles. The Balaban J connectivity index is 3.77. The summed E-state index contributed by atoms with van der Waals surface area (Å²) in [6, 6.07) is -1.00. The first-order chi connectivity index (χ1) is 8.51. The van der Waals surface area contributed by atoms with E-state index in [1.54, 1.807) is 13.8 Å². The van der Waals surface area contributed by atoms with Gasteiger partial charge in [-0.15, -0.1) is 0 Å². The van der Waals surface area contributed by atoms with Crippen molar-refractivity contribution in [1.82, 2.24) is 16.0 Å². The molecule has 0 saturated heterocycles. The number of hydrogen-bond donors (Lipinski definition) is 4. The molecule has 18 heavy (non-hydrogen) atoms. The first-order valence-corrected chi connectivity index (χ1v) is 6.00. The molecule has 0 aliphatic carbocycles. The maximum atomic E-state index is 11.5. The van der Waals surface area contributed by atoms with Gasteiger partial charge < -0.3 is 20.5 Å². The van der Waals surface area contributed by atoms with Gasteiger partial charge in [-0.05, 0) is 26.8 Å². The second-order valence-electron chi connectivity index (χ2n) is 3.92. The number of methoxy groups -OCH3 is 1. The Labute approximate surface area is 107 Å². The summed E-state index contributed by atoms with van der Waals surface area (Å²) >= 11 is 0. The third kappa shape index (κ3) is 7.99. The minimum Gasteiger partial charge on any atom is -0.391 e. The molecule has 7 heteroatoms. The highest BCUT2D eigenvalue weighted by Gasteiger charge is 2.15. The monoisotopic (exact) mass is 261 g/mol. The van der Waals surface area contributed by atoms with E-state index in [2.05, 4.69) is 16.0 Å². The van der Waals surface area contributed by atoms with Crippen molar-refractivity contribution < 1.29 is 19.4 Å². The zero-order valence-corrected chi connectivity index (χ0v) is 11.2. The van der Waals surface area contributed by atoms with Crippen LogP contribution in [0.15, 0.2) is 0 Å². The van der Waals surface area contributed by atoms with Gasteiger partial charge in [0.05, 0.1) is 18.8 Å². The van der Waals surface area contributed by atoms with Gasteiger partial charge in [0, 0.05) is 13.7 Å². The van der Waals surface area contributed by atoms with E-state index in [1.165, 1.54) is 7.11 Å². The van der Waals surface area contributed by atoms with Gasteiger partial charge in [0.25, 0.3) is 0 Å². The smallest absolute Gasteiger partial charge is 0.321 e. The van der Waals surface area contributed by atoms with E-state index in [-0.39, 0.29) is 6.61 Å². The molecule has 0 spiro atoms. The van der Waals surface area contributed by atoms with Crippen LogP contribution < -0.4 is 16.0 Å². The number of aliphatic hydroxyl groups excluding tert-OH is 1. The minimum absolute atomic E-state index is 0.265. The van der Waals surface area contributed by atoms with Crippen LogP contribution in [0, 0.1) is 0 Å². The lowest BCUT2D eigenvalue weighted by Gasteiger charge is -2.15. The van der Waals surface area contributed by atoms with Crippen molar-refractivity contribution in [2.45, 2.75) is 32.4 Å². The summed E-state index contributed by atoms with van der Waals surface area (Å²) in [4.78, 5) is 22.6. The highest BCUT2D eigenvalue weighted by Crippen LogP contribution is 1.91. The number of imide groups is 1. The van der Waals surface area contributed by atoms with E-state index in [4.69, 9.17) is 4.74 Å². The molecule has 0 aromatic rings. The van der Waals surface area contributed by atoms with Gasteiger partial charge in [-0.2, -0.15) is 0 Å². The Morgan fingerprint density at radius 3 is 2.61 bits per heavy atom. The van der Waals surface area contributed by atoms with Crippen molar-refractivity contribution in [2.24, 2.45) is 0 Å². The maximum Gasteiger partial charge on any atom is 0.321 e. The molecule has 2 unspecified atom stereocenters. The lowest BCUT2D eigenvalue weighted by molar-refractivity contribution is -0.121. The molecule has 106 valence electrons. The molecule has 0 heterocycles. The maximum absolute atomic E-state index is 11.5. The zero-order chi connectivity index (χ0) is 14.0. The normalized spacial score (nSPS) is 13.8. The van der Waals surface area contributed by atoms with Crippen molar-refractivity contribution in [3.05, 3.63) is 0 Å². The summed E-state index contributed by atoms with van der Waals surface area (Å²) < 4.78 is 4.78. The molecule has 4 N–H and O–H groups in total. The molecule has 0 aliphatic rings. The molecule has 0 aromatic heterocycles. The van der Waals surface area contributed by atoms with Gasteiger partial charge in [-0.25, -0.2) is 4.79 Å². The molecule has 2 atom stereocenters. The Morgan fingerprint density at radius 2 is 2.06 bits per heavy atom. The number of amides is 3. The number of carbonyl (C=O) groups is 2. The Kier molecular flexibility index (Phi) is 9.17. The molecule has 0 rings (SSSR count). The highest BCUT2D eigenvalue weighted by atomic mass is 16.5. The second kappa shape index (κ2) is 9.81. The second-order valence-corrected chi connectivity index (χ2v) is 3.92. The van der Waals surface area contributed by atoms with Gasteiger partial charge in [0.2, 0.25) is 5.91 Å². The fraction of sp³-hybridized carbons (Fsp3) is 0.818. The van der Waals surface area contributed by atoms with Crippen LogP contribution in [-0.2, 0) is 9.53 Å². The van der Waals surface area contributed by atoms with Crippen LogP contribution >= 0.6 is 0 Å². The van der Waals surface area contributed by atoms with Gasteiger partial charge >= 0.3 is 6.03 Å². The van der Waals surface area contributed by atoms with E-state index < -0.39 is 24.1 Å². The summed E-state index contributed by atoms with van der Waals surface area (Å²) in [5, 5.41) is 17.0. The quantitative estimate of drug-likeness (QED) is 0.459. The zero-order valence-electron chi connectivity index (χ0n) is 11.2. The van der Waals surface area contributed by atoms with Crippen molar-refractivity contribution in [3.8, 4) is 0 Å². The number of urea groups is 1. The summed E-state index contributed by atoms with van der Waals surface area (Å²) in [6.07, 6.45) is -0.0757. The van der Waals surface area contributed by atoms with Crippen molar-refractivity contribution in [3.63, 3.8) is 0 Å². The number of ether oxygens (including phenoxy) is 1. The van der Waals surface area contributed by atoms with E-state index in [1.807, 2.05) is 0 Å². The predicted octanol–water partition coefficient (Wildman–Crippen LogP) is -0.792. The largest absolute Gasteiger partial charge is 0.391 e. The average Bonchev–Trinajstić information content (AvgIpc) is 2.29. The van der Waals surface area contributed by atoms with Crippen LogP contribution in [0.3, 0.4) is 0 Å². The molecule has 7 nitrogen and oxygen atoms in total. The summed E-state index contributed by atoms with van der Waals surface area (Å²) in [7, 11) is 1.51. The molecular weight excluding hydrogens is 238 g/mol.